The number of halogens is 2. The van der Waals surface area contributed by atoms with Gasteiger partial charge in [-0.3, -0.25) is 0 Å². The van der Waals surface area contributed by atoms with Crippen LogP contribution in [0.15, 0.2) is 17.5 Å². The van der Waals surface area contributed by atoms with E-state index in [0.717, 1.165) is 11.6 Å². The van der Waals surface area contributed by atoms with Gasteiger partial charge in [0.05, 0.1) is 4.70 Å². The molecule has 1 heterocycles. The normalized spacial score (nSPS) is 11.0. The van der Waals surface area contributed by atoms with Gasteiger partial charge in [-0.25, -0.2) is 8.78 Å². The molecule has 0 fully saturated rings. The molecule has 0 atom stereocenters. The average Bonchev–Trinajstić information content (AvgIpc) is 2.47. The Kier molecular flexibility index (Phi) is 2.01. The summed E-state index contributed by atoms with van der Waals surface area (Å²) >= 11 is 1.25. The second-order valence-corrected chi connectivity index (χ2v) is 3.61. The summed E-state index contributed by atoms with van der Waals surface area (Å²) in [6, 6.07) is 2.20. The van der Waals surface area contributed by atoms with E-state index in [1.165, 1.54) is 17.4 Å². The Balaban J connectivity index is 2.82. The van der Waals surface area contributed by atoms with Crippen molar-refractivity contribution in [3.63, 3.8) is 0 Å². The summed E-state index contributed by atoms with van der Waals surface area (Å²) in [5.41, 5.74) is 6.21. The molecule has 0 radical (unpaired) electrons. The van der Waals surface area contributed by atoms with Crippen molar-refractivity contribution in [1.82, 2.24) is 0 Å². The van der Waals surface area contributed by atoms with Gasteiger partial charge in [0.2, 0.25) is 0 Å². The molecule has 0 aliphatic heterocycles. The molecule has 4 heteroatoms. The summed E-state index contributed by atoms with van der Waals surface area (Å²) < 4.78 is 26.4. The van der Waals surface area contributed by atoms with E-state index in [1.807, 2.05) is 0 Å². The van der Waals surface area contributed by atoms with E-state index in [9.17, 15) is 8.78 Å². The maximum atomic E-state index is 13.1. The topological polar surface area (TPSA) is 26.0 Å². The summed E-state index contributed by atoms with van der Waals surface area (Å²) in [4.78, 5) is 0. The fourth-order valence-corrected chi connectivity index (χ4v) is 2.24. The quantitative estimate of drug-likeness (QED) is 0.750. The summed E-state index contributed by atoms with van der Waals surface area (Å²) in [7, 11) is 0. The Labute approximate surface area is 77.8 Å². The predicted molar refractivity (Wildman–Crippen MR) is 49.6 cm³/mol. The summed E-state index contributed by atoms with van der Waals surface area (Å²) in [5.74, 6) is -1.07. The Morgan fingerprint density at radius 2 is 2.08 bits per heavy atom. The lowest BCUT2D eigenvalue weighted by Gasteiger charge is -1.95. The first-order valence-corrected chi connectivity index (χ1v) is 4.65. The van der Waals surface area contributed by atoms with Crippen LogP contribution >= 0.6 is 11.3 Å². The number of thiophene rings is 1. The third-order valence-corrected chi connectivity index (χ3v) is 2.95. The smallest absolute Gasteiger partial charge is 0.143 e. The third kappa shape index (κ3) is 1.32. The molecule has 0 aliphatic rings. The highest BCUT2D eigenvalue weighted by atomic mass is 32.1. The molecule has 2 rings (SSSR count). The van der Waals surface area contributed by atoms with Crippen LogP contribution in [0, 0.1) is 11.6 Å². The maximum absolute atomic E-state index is 13.1. The largest absolute Gasteiger partial charge is 0.326 e. The van der Waals surface area contributed by atoms with E-state index in [1.54, 1.807) is 5.38 Å². The molecule has 1 nitrogen and oxygen atoms in total. The van der Waals surface area contributed by atoms with E-state index >= 15 is 0 Å². The summed E-state index contributed by atoms with van der Waals surface area (Å²) in [5, 5.41) is 2.35. The number of hydrogen-bond donors (Lipinski definition) is 1. The van der Waals surface area contributed by atoms with Crippen molar-refractivity contribution >= 4 is 21.4 Å². The zero-order valence-corrected chi connectivity index (χ0v) is 7.50. The van der Waals surface area contributed by atoms with Gasteiger partial charge in [-0.15, -0.1) is 11.3 Å². The first-order chi connectivity index (χ1) is 6.22. The van der Waals surface area contributed by atoms with E-state index in [0.29, 0.717) is 16.6 Å². The molecule has 0 unspecified atom stereocenters. The first kappa shape index (κ1) is 8.59. The van der Waals surface area contributed by atoms with E-state index in [2.05, 4.69) is 0 Å². The van der Waals surface area contributed by atoms with Crippen molar-refractivity contribution < 1.29 is 8.78 Å². The molecule has 0 spiro atoms. The minimum atomic E-state index is -0.557. The van der Waals surface area contributed by atoms with Crippen molar-refractivity contribution in [2.75, 3.05) is 0 Å². The monoisotopic (exact) mass is 199 g/mol. The van der Waals surface area contributed by atoms with Gasteiger partial charge in [-0.1, -0.05) is 0 Å². The van der Waals surface area contributed by atoms with Gasteiger partial charge >= 0.3 is 0 Å². The van der Waals surface area contributed by atoms with Crippen molar-refractivity contribution in [2.45, 2.75) is 6.54 Å². The molecular weight excluding hydrogens is 192 g/mol. The number of nitrogens with two attached hydrogens (primary N) is 1. The molecule has 2 aromatic rings. The van der Waals surface area contributed by atoms with Crippen LogP contribution in [-0.4, -0.2) is 0 Å². The molecule has 0 amide bonds. The molecule has 0 saturated heterocycles. The minimum Gasteiger partial charge on any atom is -0.326 e. The van der Waals surface area contributed by atoms with E-state index < -0.39 is 11.6 Å². The second-order valence-electron chi connectivity index (χ2n) is 2.73. The SMILES string of the molecule is NCc1csc2c(F)cc(F)cc12. The lowest BCUT2D eigenvalue weighted by Crippen LogP contribution is -1.94. The molecule has 0 saturated carbocycles. The van der Waals surface area contributed by atoms with Crippen LogP contribution in [0.5, 0.6) is 0 Å². The molecule has 13 heavy (non-hydrogen) atoms. The maximum Gasteiger partial charge on any atom is 0.143 e. The number of hydrogen-bond acceptors (Lipinski definition) is 2. The van der Waals surface area contributed by atoms with Crippen molar-refractivity contribution in [3.05, 3.63) is 34.7 Å². The molecule has 1 aromatic carbocycles. The molecule has 68 valence electrons. The van der Waals surface area contributed by atoms with Crippen LogP contribution in [0.4, 0.5) is 8.78 Å². The van der Waals surface area contributed by atoms with Crippen molar-refractivity contribution in [2.24, 2.45) is 5.73 Å². The lowest BCUT2D eigenvalue weighted by molar-refractivity contribution is 0.593. The zero-order chi connectivity index (χ0) is 9.42. The van der Waals surface area contributed by atoms with E-state index in [4.69, 9.17) is 5.73 Å². The second kappa shape index (κ2) is 3.05. The van der Waals surface area contributed by atoms with Crippen molar-refractivity contribution in [3.8, 4) is 0 Å². The zero-order valence-electron chi connectivity index (χ0n) is 6.68. The Morgan fingerprint density at radius 3 is 2.77 bits per heavy atom. The average molecular weight is 199 g/mol. The number of fused-ring (bicyclic) bond motifs is 1. The number of rotatable bonds is 1. The Hall–Kier alpha value is -1.00. The molecular formula is C9H7F2NS. The van der Waals surface area contributed by atoms with Gasteiger partial charge < -0.3 is 5.73 Å². The molecule has 0 aliphatic carbocycles. The molecule has 2 N–H and O–H groups in total. The van der Waals surface area contributed by atoms with Gasteiger partial charge in [-0.05, 0) is 17.0 Å². The summed E-state index contributed by atoms with van der Waals surface area (Å²) in [6.45, 7) is 0.308. The lowest BCUT2D eigenvalue weighted by atomic mass is 10.2. The van der Waals surface area contributed by atoms with Crippen molar-refractivity contribution in [1.29, 1.82) is 0 Å². The Bertz CT molecular complexity index is 450. The molecule has 1 aromatic heterocycles. The van der Waals surface area contributed by atoms with Crippen LogP contribution in [0.25, 0.3) is 10.1 Å². The third-order valence-electron chi connectivity index (χ3n) is 1.89. The van der Waals surface area contributed by atoms with Crippen LogP contribution in [0.1, 0.15) is 5.56 Å². The minimum absolute atomic E-state index is 0.308. The van der Waals surface area contributed by atoms with Gasteiger partial charge in [-0.2, -0.15) is 0 Å². The van der Waals surface area contributed by atoms with Gasteiger partial charge in [0.25, 0.3) is 0 Å². The van der Waals surface area contributed by atoms with Gasteiger partial charge in [0.15, 0.2) is 0 Å². The van der Waals surface area contributed by atoms with Crippen LogP contribution in [0.2, 0.25) is 0 Å². The van der Waals surface area contributed by atoms with E-state index in [-0.39, 0.29) is 0 Å². The highest BCUT2D eigenvalue weighted by Gasteiger charge is 2.08. The fraction of sp³-hybridized carbons (Fsp3) is 0.111. The standard InChI is InChI=1S/C9H7F2NS/c10-6-1-7-5(3-12)4-13-9(7)8(11)2-6/h1-2,4H,3,12H2. The van der Waals surface area contributed by atoms with Gasteiger partial charge in [0.1, 0.15) is 11.6 Å². The van der Waals surface area contributed by atoms with Crippen LogP contribution in [0.3, 0.4) is 0 Å². The Morgan fingerprint density at radius 1 is 1.31 bits per heavy atom. The predicted octanol–water partition coefficient (Wildman–Crippen LogP) is 2.64. The molecule has 0 bridgehead atoms. The fourth-order valence-electron chi connectivity index (χ4n) is 1.27. The number of benzene rings is 1. The summed E-state index contributed by atoms with van der Waals surface area (Å²) in [6.07, 6.45) is 0. The highest BCUT2D eigenvalue weighted by Crippen LogP contribution is 2.28. The van der Waals surface area contributed by atoms with Crippen LogP contribution in [-0.2, 0) is 6.54 Å². The van der Waals surface area contributed by atoms with Gasteiger partial charge in [0, 0.05) is 18.0 Å². The highest BCUT2D eigenvalue weighted by molar-refractivity contribution is 7.17. The first-order valence-electron chi connectivity index (χ1n) is 3.77. The van der Waals surface area contributed by atoms with Crippen LogP contribution < -0.4 is 5.73 Å².